The van der Waals surface area contributed by atoms with Crippen LogP contribution in [-0.2, 0) is 11.3 Å². The molecule has 2 aromatic carbocycles. The van der Waals surface area contributed by atoms with Gasteiger partial charge in [0, 0.05) is 35.8 Å². The molecule has 1 fully saturated rings. The van der Waals surface area contributed by atoms with Crippen molar-refractivity contribution in [1.82, 2.24) is 14.9 Å². The monoisotopic (exact) mass is 462 g/mol. The van der Waals surface area contributed by atoms with Gasteiger partial charge in [0.05, 0.1) is 39.4 Å². The summed E-state index contributed by atoms with van der Waals surface area (Å²) in [4.78, 5) is 13.2. The van der Waals surface area contributed by atoms with Crippen LogP contribution in [0.5, 0.6) is 11.5 Å². The summed E-state index contributed by atoms with van der Waals surface area (Å²) in [6.07, 6.45) is 0. The number of rotatable bonds is 7. The Morgan fingerprint density at radius 1 is 1.00 bits per heavy atom. The SMILES string of the molecule is COc1ccc(Nc2nc(CN3CCOCC3)nc3scc(-c4ccccc4)c23)cc1OC. The summed E-state index contributed by atoms with van der Waals surface area (Å²) in [5.41, 5.74) is 3.13. The first-order valence-corrected chi connectivity index (χ1v) is 11.8. The molecule has 1 N–H and O–H groups in total. The van der Waals surface area contributed by atoms with Crippen LogP contribution < -0.4 is 14.8 Å². The van der Waals surface area contributed by atoms with Crippen LogP contribution in [0.3, 0.4) is 0 Å². The molecule has 2 aromatic heterocycles. The molecule has 0 spiro atoms. The summed E-state index contributed by atoms with van der Waals surface area (Å²) >= 11 is 1.64. The number of ether oxygens (including phenoxy) is 3. The van der Waals surface area contributed by atoms with Crippen molar-refractivity contribution in [2.24, 2.45) is 0 Å². The summed E-state index contributed by atoms with van der Waals surface area (Å²) < 4.78 is 16.4. The zero-order valence-electron chi connectivity index (χ0n) is 18.7. The lowest BCUT2D eigenvalue weighted by atomic mass is 10.1. The number of fused-ring (bicyclic) bond motifs is 1. The fraction of sp³-hybridized carbons (Fsp3) is 0.280. The highest BCUT2D eigenvalue weighted by atomic mass is 32.1. The molecule has 0 radical (unpaired) electrons. The molecule has 0 aliphatic carbocycles. The Labute approximate surface area is 197 Å². The predicted molar refractivity (Wildman–Crippen MR) is 132 cm³/mol. The van der Waals surface area contributed by atoms with Crippen LogP contribution in [0, 0.1) is 0 Å². The highest BCUT2D eigenvalue weighted by Gasteiger charge is 2.19. The number of anilines is 2. The van der Waals surface area contributed by atoms with Crippen LogP contribution >= 0.6 is 11.3 Å². The van der Waals surface area contributed by atoms with E-state index in [-0.39, 0.29) is 0 Å². The average molecular weight is 463 g/mol. The van der Waals surface area contributed by atoms with Crippen molar-refractivity contribution in [3.05, 3.63) is 59.7 Å². The smallest absolute Gasteiger partial charge is 0.162 e. The molecule has 0 bridgehead atoms. The molecule has 5 rings (SSSR count). The van der Waals surface area contributed by atoms with E-state index in [1.54, 1.807) is 25.6 Å². The third-order valence-corrected chi connectivity index (χ3v) is 6.55. The van der Waals surface area contributed by atoms with Crippen LogP contribution in [0.2, 0.25) is 0 Å². The largest absolute Gasteiger partial charge is 0.493 e. The Bertz CT molecular complexity index is 1240. The fourth-order valence-electron chi connectivity index (χ4n) is 3.99. The normalized spacial score (nSPS) is 14.4. The summed E-state index contributed by atoms with van der Waals surface area (Å²) in [5.74, 6) is 2.93. The number of aromatic nitrogens is 2. The highest BCUT2D eigenvalue weighted by molar-refractivity contribution is 7.17. The Kier molecular flexibility index (Phi) is 6.39. The van der Waals surface area contributed by atoms with Gasteiger partial charge in [0.25, 0.3) is 0 Å². The minimum absolute atomic E-state index is 0.662. The molecule has 1 aliphatic heterocycles. The molecule has 170 valence electrons. The van der Waals surface area contributed by atoms with Crippen molar-refractivity contribution in [3.8, 4) is 22.6 Å². The average Bonchev–Trinajstić information content (AvgIpc) is 3.29. The Hall–Kier alpha value is -3.20. The van der Waals surface area contributed by atoms with Gasteiger partial charge < -0.3 is 19.5 Å². The van der Waals surface area contributed by atoms with Gasteiger partial charge in [-0.2, -0.15) is 0 Å². The molecule has 8 heteroatoms. The first kappa shape index (κ1) is 21.6. The zero-order valence-corrected chi connectivity index (χ0v) is 19.5. The van der Waals surface area contributed by atoms with Crippen LogP contribution in [0.1, 0.15) is 5.82 Å². The number of thiophene rings is 1. The molecule has 0 unspecified atom stereocenters. The Morgan fingerprint density at radius 3 is 2.55 bits per heavy atom. The van der Waals surface area contributed by atoms with Gasteiger partial charge in [0.15, 0.2) is 11.5 Å². The third-order valence-electron chi connectivity index (χ3n) is 5.68. The lowest BCUT2D eigenvalue weighted by Crippen LogP contribution is -2.36. The first-order chi connectivity index (χ1) is 16.2. The van der Waals surface area contributed by atoms with E-state index in [1.807, 2.05) is 36.4 Å². The van der Waals surface area contributed by atoms with Crippen molar-refractivity contribution in [3.63, 3.8) is 0 Å². The standard InChI is InChI=1S/C25H26N4O3S/c1-30-20-9-8-18(14-21(20)31-2)26-24-23-19(17-6-4-3-5-7-17)16-33-25(23)28-22(27-24)15-29-10-12-32-13-11-29/h3-9,14,16H,10-13,15H2,1-2H3,(H,26,27,28). The van der Waals surface area contributed by atoms with Gasteiger partial charge in [-0.1, -0.05) is 30.3 Å². The molecule has 0 amide bonds. The number of benzene rings is 2. The number of nitrogens with zero attached hydrogens (tertiary/aromatic N) is 3. The molecule has 33 heavy (non-hydrogen) atoms. The molecule has 0 atom stereocenters. The minimum atomic E-state index is 0.662. The quantitative estimate of drug-likeness (QED) is 0.417. The molecule has 4 aromatic rings. The third kappa shape index (κ3) is 4.64. The number of morpholine rings is 1. The second-order valence-electron chi connectivity index (χ2n) is 7.77. The van der Waals surface area contributed by atoms with E-state index in [0.717, 1.165) is 65.0 Å². The molecular weight excluding hydrogens is 436 g/mol. The predicted octanol–water partition coefficient (Wildman–Crippen LogP) is 4.95. The van der Waals surface area contributed by atoms with Crippen molar-refractivity contribution in [2.45, 2.75) is 6.54 Å². The van der Waals surface area contributed by atoms with Crippen LogP contribution in [0.15, 0.2) is 53.9 Å². The van der Waals surface area contributed by atoms with Crippen molar-refractivity contribution >= 4 is 33.1 Å². The van der Waals surface area contributed by atoms with E-state index in [1.165, 1.54) is 0 Å². The second-order valence-corrected chi connectivity index (χ2v) is 8.63. The van der Waals surface area contributed by atoms with Gasteiger partial charge in [-0.3, -0.25) is 4.90 Å². The lowest BCUT2D eigenvalue weighted by Gasteiger charge is -2.25. The van der Waals surface area contributed by atoms with Gasteiger partial charge >= 0.3 is 0 Å². The molecule has 1 saturated heterocycles. The molecule has 0 saturated carbocycles. The van der Waals surface area contributed by atoms with E-state index in [2.05, 4.69) is 27.7 Å². The maximum atomic E-state index is 5.49. The van der Waals surface area contributed by atoms with E-state index in [9.17, 15) is 0 Å². The van der Waals surface area contributed by atoms with Gasteiger partial charge in [-0.15, -0.1) is 11.3 Å². The van der Waals surface area contributed by atoms with Gasteiger partial charge in [0.1, 0.15) is 16.5 Å². The summed E-state index contributed by atoms with van der Waals surface area (Å²) in [6, 6.07) is 16.1. The molecule has 1 aliphatic rings. The van der Waals surface area contributed by atoms with Crippen LogP contribution in [0.25, 0.3) is 21.3 Å². The second kappa shape index (κ2) is 9.74. The van der Waals surface area contributed by atoms with E-state index in [0.29, 0.717) is 18.0 Å². The van der Waals surface area contributed by atoms with Gasteiger partial charge in [-0.05, 0) is 17.7 Å². The van der Waals surface area contributed by atoms with E-state index >= 15 is 0 Å². The molecular formula is C25H26N4O3S. The van der Waals surface area contributed by atoms with Crippen molar-refractivity contribution in [1.29, 1.82) is 0 Å². The Balaban J connectivity index is 1.58. The van der Waals surface area contributed by atoms with Crippen LogP contribution in [-0.4, -0.2) is 55.4 Å². The summed E-state index contributed by atoms with van der Waals surface area (Å²) in [6.45, 7) is 3.96. The van der Waals surface area contributed by atoms with Crippen molar-refractivity contribution in [2.75, 3.05) is 45.8 Å². The lowest BCUT2D eigenvalue weighted by molar-refractivity contribution is 0.0331. The number of methoxy groups -OCH3 is 2. The van der Waals surface area contributed by atoms with E-state index in [4.69, 9.17) is 24.2 Å². The summed E-state index contributed by atoms with van der Waals surface area (Å²) in [7, 11) is 3.27. The summed E-state index contributed by atoms with van der Waals surface area (Å²) in [5, 5.41) is 6.70. The minimum Gasteiger partial charge on any atom is -0.493 e. The van der Waals surface area contributed by atoms with Crippen molar-refractivity contribution < 1.29 is 14.2 Å². The molecule has 3 heterocycles. The number of hydrogen-bond donors (Lipinski definition) is 1. The maximum Gasteiger partial charge on any atom is 0.162 e. The topological polar surface area (TPSA) is 68.7 Å². The van der Waals surface area contributed by atoms with Crippen LogP contribution in [0.4, 0.5) is 11.5 Å². The number of hydrogen-bond acceptors (Lipinski definition) is 8. The fourth-order valence-corrected chi connectivity index (χ4v) is 4.95. The van der Waals surface area contributed by atoms with Gasteiger partial charge in [-0.25, -0.2) is 9.97 Å². The molecule has 7 nitrogen and oxygen atoms in total. The number of nitrogens with one attached hydrogen (secondary N) is 1. The zero-order chi connectivity index (χ0) is 22.6. The maximum absolute atomic E-state index is 5.49. The van der Waals surface area contributed by atoms with E-state index < -0.39 is 0 Å². The van der Waals surface area contributed by atoms with Gasteiger partial charge in [0.2, 0.25) is 0 Å². The first-order valence-electron chi connectivity index (χ1n) is 10.9. The Morgan fingerprint density at radius 2 is 1.79 bits per heavy atom. The highest BCUT2D eigenvalue weighted by Crippen LogP contribution is 2.39.